The molecular weight excluding hydrogens is 417 g/mol. The highest BCUT2D eigenvalue weighted by molar-refractivity contribution is 7.89. The molecule has 3 rings (SSSR count). The number of carbonyl (C=O) groups is 1. The van der Waals surface area contributed by atoms with E-state index in [-0.39, 0.29) is 15.8 Å². The number of benzene rings is 1. The summed E-state index contributed by atoms with van der Waals surface area (Å²) in [6.45, 7) is 4.61. The first kappa shape index (κ1) is 22.5. The predicted octanol–water partition coefficient (Wildman–Crippen LogP) is 2.97. The molecule has 0 N–H and O–H groups in total. The third-order valence-corrected chi connectivity index (χ3v) is 8.08. The van der Waals surface area contributed by atoms with Crippen molar-refractivity contribution in [1.82, 2.24) is 14.1 Å². The van der Waals surface area contributed by atoms with Crippen molar-refractivity contribution in [2.75, 3.05) is 39.3 Å². The van der Waals surface area contributed by atoms with Gasteiger partial charge in [0.1, 0.15) is 5.82 Å². The molecule has 0 radical (unpaired) electrons. The molecule has 0 spiro atoms. The Hall–Kier alpha value is -1.22. The van der Waals surface area contributed by atoms with Gasteiger partial charge in [0.05, 0.1) is 16.5 Å². The highest BCUT2D eigenvalue weighted by Gasteiger charge is 2.31. The van der Waals surface area contributed by atoms with Gasteiger partial charge < -0.3 is 4.90 Å². The largest absolute Gasteiger partial charge is 0.339 e. The molecule has 0 aromatic heterocycles. The Labute approximate surface area is 177 Å². The van der Waals surface area contributed by atoms with E-state index in [0.29, 0.717) is 45.3 Å². The van der Waals surface area contributed by atoms with Crippen molar-refractivity contribution in [3.8, 4) is 0 Å². The van der Waals surface area contributed by atoms with E-state index in [1.807, 2.05) is 16.7 Å². The van der Waals surface area contributed by atoms with Gasteiger partial charge in [0.2, 0.25) is 15.9 Å². The zero-order chi connectivity index (χ0) is 21.0. The Morgan fingerprint density at radius 2 is 1.83 bits per heavy atom. The Morgan fingerprint density at radius 1 is 1.17 bits per heavy atom. The molecule has 1 saturated heterocycles. The maximum Gasteiger partial charge on any atom is 0.243 e. The maximum absolute atomic E-state index is 13.3. The van der Waals surface area contributed by atoms with E-state index >= 15 is 0 Å². The Bertz CT molecular complexity index is 822. The molecule has 0 unspecified atom stereocenters. The van der Waals surface area contributed by atoms with Crippen LogP contribution in [0.2, 0.25) is 5.02 Å². The lowest BCUT2D eigenvalue weighted by Gasteiger charge is -2.37. The third kappa shape index (κ3) is 5.29. The number of rotatable bonds is 6. The van der Waals surface area contributed by atoms with Crippen LogP contribution in [0.25, 0.3) is 0 Å². The molecule has 0 atom stereocenters. The van der Waals surface area contributed by atoms with Gasteiger partial charge in [0, 0.05) is 38.8 Å². The first-order chi connectivity index (χ1) is 13.8. The molecule has 1 amide bonds. The van der Waals surface area contributed by atoms with Gasteiger partial charge in [-0.25, -0.2) is 12.8 Å². The number of hydrogen-bond acceptors (Lipinski definition) is 4. The molecule has 29 heavy (non-hydrogen) atoms. The molecule has 1 heterocycles. The number of carbonyl (C=O) groups excluding carboxylic acids is 1. The van der Waals surface area contributed by atoms with Gasteiger partial charge in [-0.1, -0.05) is 30.9 Å². The van der Waals surface area contributed by atoms with Crippen LogP contribution in [0.5, 0.6) is 0 Å². The summed E-state index contributed by atoms with van der Waals surface area (Å²) in [6.07, 6.45) is 5.76. The molecule has 6 nitrogen and oxygen atoms in total. The van der Waals surface area contributed by atoms with Crippen LogP contribution in [0.15, 0.2) is 23.1 Å². The fraction of sp³-hybridized carbons (Fsp3) is 0.650. The molecule has 2 aliphatic rings. The van der Waals surface area contributed by atoms with Gasteiger partial charge in [-0.05, 0) is 38.0 Å². The first-order valence-corrected chi connectivity index (χ1v) is 12.1. The van der Waals surface area contributed by atoms with Crippen LogP contribution in [0.4, 0.5) is 4.39 Å². The minimum atomic E-state index is -3.73. The van der Waals surface area contributed by atoms with Crippen LogP contribution in [-0.4, -0.2) is 73.7 Å². The average Bonchev–Trinajstić information content (AvgIpc) is 2.71. The molecule has 1 aromatic rings. The van der Waals surface area contributed by atoms with Crippen molar-refractivity contribution < 1.29 is 17.6 Å². The number of likely N-dealkylation sites (N-methyl/N-ethyl adjacent to an activating group) is 1. The van der Waals surface area contributed by atoms with Gasteiger partial charge in [0.15, 0.2) is 0 Å². The number of nitrogens with zero attached hydrogens (tertiary/aromatic N) is 3. The zero-order valence-corrected chi connectivity index (χ0v) is 18.4. The first-order valence-electron chi connectivity index (χ1n) is 10.3. The van der Waals surface area contributed by atoms with E-state index in [4.69, 9.17) is 11.6 Å². The highest BCUT2D eigenvalue weighted by atomic mass is 35.5. The molecule has 162 valence electrons. The lowest BCUT2D eigenvalue weighted by Crippen LogP contribution is -2.52. The number of piperazine rings is 1. The van der Waals surface area contributed by atoms with E-state index in [0.717, 1.165) is 25.0 Å². The lowest BCUT2D eigenvalue weighted by molar-refractivity contribution is -0.135. The number of halogens is 2. The minimum Gasteiger partial charge on any atom is -0.339 e. The second kappa shape index (κ2) is 9.73. The second-order valence-electron chi connectivity index (χ2n) is 7.73. The molecule has 9 heteroatoms. The highest BCUT2D eigenvalue weighted by Crippen LogP contribution is 2.24. The Kier molecular flexibility index (Phi) is 7.53. The van der Waals surface area contributed by atoms with Crippen molar-refractivity contribution in [1.29, 1.82) is 0 Å². The van der Waals surface area contributed by atoms with E-state index in [2.05, 4.69) is 0 Å². The minimum absolute atomic E-state index is 0.0112. The summed E-state index contributed by atoms with van der Waals surface area (Å²) < 4.78 is 40.3. The van der Waals surface area contributed by atoms with Crippen molar-refractivity contribution in [3.05, 3.63) is 29.0 Å². The number of amides is 1. The summed E-state index contributed by atoms with van der Waals surface area (Å²) in [6, 6.07) is 3.78. The van der Waals surface area contributed by atoms with E-state index < -0.39 is 15.8 Å². The number of hydrogen-bond donors (Lipinski definition) is 0. The summed E-state index contributed by atoms with van der Waals surface area (Å²) in [7, 11) is -3.73. The van der Waals surface area contributed by atoms with E-state index in [1.165, 1.54) is 29.6 Å². The van der Waals surface area contributed by atoms with Crippen LogP contribution >= 0.6 is 11.6 Å². The monoisotopic (exact) mass is 445 g/mol. The SMILES string of the molecule is CCN(C(=O)CN1CCN(S(=O)(=O)c2ccc(F)c(Cl)c2)CC1)C1CCCCC1. The summed E-state index contributed by atoms with van der Waals surface area (Å²) in [5.41, 5.74) is 0. The van der Waals surface area contributed by atoms with E-state index in [1.54, 1.807) is 0 Å². The van der Waals surface area contributed by atoms with Gasteiger partial charge in [-0.2, -0.15) is 4.31 Å². The van der Waals surface area contributed by atoms with Crippen molar-refractivity contribution in [2.24, 2.45) is 0 Å². The molecule has 1 saturated carbocycles. The predicted molar refractivity (Wildman–Crippen MR) is 111 cm³/mol. The summed E-state index contributed by atoms with van der Waals surface area (Å²) in [5.74, 6) is -0.520. The second-order valence-corrected chi connectivity index (χ2v) is 10.1. The van der Waals surface area contributed by atoms with Gasteiger partial charge in [-0.3, -0.25) is 9.69 Å². The van der Waals surface area contributed by atoms with Crippen molar-refractivity contribution >= 4 is 27.5 Å². The molecular formula is C20H29ClFN3O3S. The number of sulfonamides is 1. The average molecular weight is 446 g/mol. The smallest absolute Gasteiger partial charge is 0.243 e. The maximum atomic E-state index is 13.3. The quantitative estimate of drug-likeness (QED) is 0.675. The Morgan fingerprint density at radius 3 is 2.41 bits per heavy atom. The normalized spacial score (nSPS) is 20.0. The van der Waals surface area contributed by atoms with Crippen molar-refractivity contribution in [2.45, 2.75) is 50.0 Å². The van der Waals surface area contributed by atoms with Crippen LogP contribution < -0.4 is 0 Å². The van der Waals surface area contributed by atoms with Crippen LogP contribution in [0.1, 0.15) is 39.0 Å². The van der Waals surface area contributed by atoms with Crippen LogP contribution in [0, 0.1) is 5.82 Å². The molecule has 1 aliphatic carbocycles. The molecule has 2 fully saturated rings. The van der Waals surface area contributed by atoms with Gasteiger partial charge in [0.25, 0.3) is 0 Å². The Balaban J connectivity index is 1.56. The van der Waals surface area contributed by atoms with Crippen LogP contribution in [0.3, 0.4) is 0 Å². The fourth-order valence-electron chi connectivity index (χ4n) is 4.23. The molecule has 1 aliphatic heterocycles. The van der Waals surface area contributed by atoms with Crippen LogP contribution in [-0.2, 0) is 14.8 Å². The fourth-order valence-corrected chi connectivity index (χ4v) is 5.92. The topological polar surface area (TPSA) is 60.9 Å². The molecule has 0 bridgehead atoms. The summed E-state index contributed by atoms with van der Waals surface area (Å²) >= 11 is 5.74. The zero-order valence-electron chi connectivity index (χ0n) is 16.8. The summed E-state index contributed by atoms with van der Waals surface area (Å²) in [5, 5.41) is -0.210. The lowest BCUT2D eigenvalue weighted by atomic mass is 9.94. The third-order valence-electron chi connectivity index (χ3n) is 5.90. The van der Waals surface area contributed by atoms with Gasteiger partial charge in [-0.15, -0.1) is 0 Å². The van der Waals surface area contributed by atoms with Gasteiger partial charge >= 0.3 is 0 Å². The standard InChI is InChI=1S/C20H29ClFN3O3S/c1-2-25(16-6-4-3-5-7-16)20(26)15-23-10-12-24(13-11-23)29(27,28)17-8-9-19(22)18(21)14-17/h8-9,14,16H,2-7,10-13,15H2,1H3. The summed E-state index contributed by atoms with van der Waals surface area (Å²) in [4.78, 5) is 16.8. The van der Waals surface area contributed by atoms with E-state index in [9.17, 15) is 17.6 Å². The molecule has 1 aromatic carbocycles. The van der Waals surface area contributed by atoms with Crippen molar-refractivity contribution in [3.63, 3.8) is 0 Å².